The molecule has 1 heterocycles. The Labute approximate surface area is 141 Å². The molecule has 0 spiro atoms. The Balaban J connectivity index is 1.84. The number of rotatable bonds is 5. The molecule has 0 aliphatic carbocycles. The number of hydrogen-bond donors (Lipinski definition) is 1. The van der Waals surface area contributed by atoms with Crippen LogP contribution in [-0.4, -0.2) is 39.0 Å². The molecule has 128 valence electrons. The van der Waals surface area contributed by atoms with E-state index >= 15 is 0 Å². The predicted molar refractivity (Wildman–Crippen MR) is 94.2 cm³/mol. The Morgan fingerprint density at radius 3 is 2.75 bits per heavy atom. The molecule has 0 bridgehead atoms. The third kappa shape index (κ3) is 3.53. The number of amides is 1. The van der Waals surface area contributed by atoms with Crippen molar-refractivity contribution in [3.63, 3.8) is 0 Å². The van der Waals surface area contributed by atoms with Crippen molar-refractivity contribution in [2.75, 3.05) is 24.7 Å². The Kier molecular flexibility index (Phi) is 4.76. The van der Waals surface area contributed by atoms with E-state index in [-0.39, 0.29) is 23.3 Å². The Bertz CT molecular complexity index is 860. The number of ether oxygens (including phenoxy) is 1. The van der Waals surface area contributed by atoms with Crippen molar-refractivity contribution in [1.82, 2.24) is 5.32 Å². The molecule has 1 saturated heterocycles. The maximum atomic E-state index is 12.7. The van der Waals surface area contributed by atoms with E-state index in [4.69, 9.17) is 4.74 Å². The summed E-state index contributed by atoms with van der Waals surface area (Å²) in [6, 6.07) is 11.4. The SMILES string of the molecule is CCOc1ccc2ccccc2c1C(=O)NC[C@H]1CCS(=O)(=O)C1. The summed E-state index contributed by atoms with van der Waals surface area (Å²) in [7, 11) is -2.94. The van der Waals surface area contributed by atoms with E-state index in [1.54, 1.807) is 6.07 Å². The first-order valence-corrected chi connectivity index (χ1v) is 9.95. The van der Waals surface area contributed by atoms with Gasteiger partial charge in [-0.15, -0.1) is 0 Å². The second-order valence-corrected chi connectivity index (χ2v) is 8.30. The van der Waals surface area contributed by atoms with Crippen LogP contribution in [0.15, 0.2) is 36.4 Å². The fourth-order valence-corrected chi connectivity index (χ4v) is 4.98. The van der Waals surface area contributed by atoms with E-state index in [1.807, 2.05) is 37.3 Å². The van der Waals surface area contributed by atoms with Gasteiger partial charge in [-0.2, -0.15) is 0 Å². The third-order valence-corrected chi connectivity index (χ3v) is 6.13. The minimum absolute atomic E-state index is 0.00975. The molecule has 1 atom stereocenters. The zero-order valence-corrected chi connectivity index (χ0v) is 14.4. The molecule has 0 saturated carbocycles. The van der Waals surface area contributed by atoms with E-state index in [0.29, 0.717) is 30.9 Å². The molecule has 1 aliphatic rings. The van der Waals surface area contributed by atoms with Gasteiger partial charge in [-0.25, -0.2) is 8.42 Å². The van der Waals surface area contributed by atoms with Crippen molar-refractivity contribution in [2.45, 2.75) is 13.3 Å². The highest BCUT2D eigenvalue weighted by molar-refractivity contribution is 7.91. The van der Waals surface area contributed by atoms with Crippen molar-refractivity contribution >= 4 is 26.5 Å². The number of sulfone groups is 1. The van der Waals surface area contributed by atoms with Crippen molar-refractivity contribution in [1.29, 1.82) is 0 Å². The molecule has 2 aromatic rings. The van der Waals surface area contributed by atoms with Gasteiger partial charge in [0.15, 0.2) is 9.84 Å². The van der Waals surface area contributed by atoms with E-state index in [0.717, 1.165) is 10.8 Å². The van der Waals surface area contributed by atoms with Crippen LogP contribution >= 0.6 is 0 Å². The minimum atomic E-state index is -2.94. The van der Waals surface area contributed by atoms with E-state index in [2.05, 4.69) is 5.32 Å². The molecule has 1 N–H and O–H groups in total. The molecular weight excluding hydrogens is 326 g/mol. The lowest BCUT2D eigenvalue weighted by atomic mass is 10.0. The van der Waals surface area contributed by atoms with Gasteiger partial charge >= 0.3 is 0 Å². The van der Waals surface area contributed by atoms with Gasteiger partial charge in [0.25, 0.3) is 5.91 Å². The van der Waals surface area contributed by atoms with Gasteiger partial charge in [0.05, 0.1) is 23.7 Å². The second-order valence-electron chi connectivity index (χ2n) is 6.07. The van der Waals surface area contributed by atoms with Crippen LogP contribution in [0.5, 0.6) is 5.75 Å². The van der Waals surface area contributed by atoms with Crippen LogP contribution in [0.25, 0.3) is 10.8 Å². The van der Waals surface area contributed by atoms with Gasteiger partial charge in [-0.3, -0.25) is 4.79 Å². The largest absolute Gasteiger partial charge is 0.493 e. The normalized spacial score (nSPS) is 19.3. The second kappa shape index (κ2) is 6.81. The lowest BCUT2D eigenvalue weighted by Gasteiger charge is -2.15. The molecule has 6 heteroatoms. The zero-order valence-electron chi connectivity index (χ0n) is 13.6. The first-order chi connectivity index (χ1) is 11.5. The van der Waals surface area contributed by atoms with Gasteiger partial charge in [0, 0.05) is 6.54 Å². The van der Waals surface area contributed by atoms with Crippen LogP contribution < -0.4 is 10.1 Å². The summed E-state index contributed by atoms with van der Waals surface area (Å²) in [4.78, 5) is 12.7. The number of nitrogens with one attached hydrogen (secondary N) is 1. The zero-order chi connectivity index (χ0) is 17.2. The highest BCUT2D eigenvalue weighted by Crippen LogP contribution is 2.28. The molecule has 1 aliphatic heterocycles. The van der Waals surface area contributed by atoms with Gasteiger partial charge in [0.2, 0.25) is 0 Å². The molecule has 0 aromatic heterocycles. The molecule has 24 heavy (non-hydrogen) atoms. The summed E-state index contributed by atoms with van der Waals surface area (Å²) in [6.45, 7) is 2.71. The van der Waals surface area contributed by atoms with Crippen molar-refractivity contribution in [2.24, 2.45) is 5.92 Å². The van der Waals surface area contributed by atoms with Crippen molar-refractivity contribution in [3.05, 3.63) is 42.0 Å². The molecule has 0 radical (unpaired) electrons. The predicted octanol–water partition coefficient (Wildman–Crippen LogP) is 2.40. The number of carbonyl (C=O) groups is 1. The lowest BCUT2D eigenvalue weighted by molar-refractivity contribution is 0.0946. The van der Waals surface area contributed by atoms with Crippen LogP contribution in [-0.2, 0) is 9.84 Å². The number of hydrogen-bond acceptors (Lipinski definition) is 4. The maximum Gasteiger partial charge on any atom is 0.255 e. The van der Waals surface area contributed by atoms with Crippen LogP contribution in [0.4, 0.5) is 0 Å². The summed E-state index contributed by atoms with van der Waals surface area (Å²) in [6.07, 6.45) is 0.608. The van der Waals surface area contributed by atoms with Crippen molar-refractivity contribution in [3.8, 4) is 5.75 Å². The summed E-state index contributed by atoms with van der Waals surface area (Å²) < 4.78 is 28.7. The van der Waals surface area contributed by atoms with Crippen molar-refractivity contribution < 1.29 is 17.9 Å². The Morgan fingerprint density at radius 2 is 2.04 bits per heavy atom. The fourth-order valence-electron chi connectivity index (χ4n) is 3.12. The van der Waals surface area contributed by atoms with E-state index in [9.17, 15) is 13.2 Å². The Hall–Kier alpha value is -2.08. The summed E-state index contributed by atoms with van der Waals surface area (Å²) in [5.74, 6) is 0.685. The van der Waals surface area contributed by atoms with Gasteiger partial charge in [0.1, 0.15) is 5.75 Å². The standard InChI is InChI=1S/C18H21NO4S/c1-2-23-16-8-7-14-5-3-4-6-15(14)17(16)18(20)19-11-13-9-10-24(21,22)12-13/h3-8,13H,2,9-12H2,1H3,(H,19,20)/t13-/m1/s1. The summed E-state index contributed by atoms with van der Waals surface area (Å²) >= 11 is 0. The van der Waals surface area contributed by atoms with Gasteiger partial charge < -0.3 is 10.1 Å². The first kappa shape index (κ1) is 16.8. The van der Waals surface area contributed by atoms with Crippen LogP contribution in [0.2, 0.25) is 0 Å². The van der Waals surface area contributed by atoms with Crippen LogP contribution in [0.1, 0.15) is 23.7 Å². The highest BCUT2D eigenvalue weighted by Gasteiger charge is 2.28. The maximum absolute atomic E-state index is 12.7. The molecular formula is C18H21NO4S. The van der Waals surface area contributed by atoms with Gasteiger partial charge in [-0.05, 0) is 36.1 Å². The first-order valence-electron chi connectivity index (χ1n) is 8.13. The molecule has 5 nitrogen and oxygen atoms in total. The van der Waals surface area contributed by atoms with E-state index < -0.39 is 9.84 Å². The van der Waals surface area contributed by atoms with Crippen LogP contribution in [0.3, 0.4) is 0 Å². The molecule has 2 aromatic carbocycles. The molecule has 1 fully saturated rings. The topological polar surface area (TPSA) is 72.5 Å². The fraction of sp³-hybridized carbons (Fsp3) is 0.389. The Morgan fingerprint density at radius 1 is 1.25 bits per heavy atom. The summed E-state index contributed by atoms with van der Waals surface area (Å²) in [5.41, 5.74) is 0.510. The van der Waals surface area contributed by atoms with Crippen LogP contribution in [0, 0.1) is 5.92 Å². The molecule has 1 amide bonds. The van der Waals surface area contributed by atoms with E-state index in [1.165, 1.54) is 0 Å². The number of fused-ring (bicyclic) bond motifs is 1. The monoisotopic (exact) mass is 347 g/mol. The minimum Gasteiger partial charge on any atom is -0.493 e. The molecule has 0 unspecified atom stereocenters. The summed E-state index contributed by atoms with van der Waals surface area (Å²) in [5, 5.41) is 4.69. The quantitative estimate of drug-likeness (QED) is 0.901. The lowest BCUT2D eigenvalue weighted by Crippen LogP contribution is -2.30. The van der Waals surface area contributed by atoms with Gasteiger partial charge in [-0.1, -0.05) is 30.3 Å². The number of benzene rings is 2. The smallest absolute Gasteiger partial charge is 0.255 e. The number of carbonyl (C=O) groups excluding carboxylic acids is 1. The average Bonchev–Trinajstić information content (AvgIpc) is 2.92. The highest BCUT2D eigenvalue weighted by atomic mass is 32.2. The average molecular weight is 347 g/mol. The third-order valence-electron chi connectivity index (χ3n) is 4.30. The molecule has 3 rings (SSSR count).